The molecule has 230 valence electrons. The maximum Gasteiger partial charge on any atom is 0.0939 e. The van der Waals surface area contributed by atoms with Gasteiger partial charge >= 0.3 is 0 Å². The summed E-state index contributed by atoms with van der Waals surface area (Å²) in [6.07, 6.45) is 39.3. The largest absolute Gasteiger partial charge is 0.371 e. The standard InChI is InChI=1S/C37H70OS/c1-4-7-9-11-13-15-17-19-21-23-25-27-29-32-37(38-6-3,36-31-34-39-35-36)33-30-28-26-24-22-20-18-16-14-12-10-8-5-2/h31,34-35H,4-30,32-33H2,1-3H3. The number of unbranched alkanes of at least 4 members (excludes halogenated alkanes) is 24. The fourth-order valence-electron chi connectivity index (χ4n) is 6.30. The second kappa shape index (κ2) is 27.8. The summed E-state index contributed by atoms with van der Waals surface area (Å²) < 4.78 is 6.59. The van der Waals surface area contributed by atoms with Crippen LogP contribution in [0.4, 0.5) is 0 Å². The van der Waals surface area contributed by atoms with Gasteiger partial charge in [0.1, 0.15) is 0 Å². The third-order valence-corrected chi connectivity index (χ3v) is 9.52. The van der Waals surface area contributed by atoms with Gasteiger partial charge in [-0.05, 0) is 42.2 Å². The topological polar surface area (TPSA) is 9.23 Å². The van der Waals surface area contributed by atoms with Crippen molar-refractivity contribution in [2.24, 2.45) is 0 Å². The van der Waals surface area contributed by atoms with Crippen molar-refractivity contribution in [3.05, 3.63) is 22.4 Å². The van der Waals surface area contributed by atoms with Gasteiger partial charge in [-0.15, -0.1) is 0 Å². The first-order chi connectivity index (χ1) is 19.3. The zero-order valence-electron chi connectivity index (χ0n) is 27.1. The first kappa shape index (κ1) is 36.7. The van der Waals surface area contributed by atoms with Crippen molar-refractivity contribution in [1.29, 1.82) is 0 Å². The molecule has 0 fully saturated rings. The van der Waals surface area contributed by atoms with Crippen molar-refractivity contribution in [1.82, 2.24) is 0 Å². The normalized spacial score (nSPS) is 12.0. The Morgan fingerprint density at radius 2 is 0.821 bits per heavy atom. The highest BCUT2D eigenvalue weighted by Gasteiger charge is 2.32. The first-order valence-electron chi connectivity index (χ1n) is 18.0. The lowest BCUT2D eigenvalue weighted by molar-refractivity contribution is -0.0604. The summed E-state index contributed by atoms with van der Waals surface area (Å²) in [6.45, 7) is 7.63. The van der Waals surface area contributed by atoms with Gasteiger partial charge in [-0.3, -0.25) is 0 Å². The van der Waals surface area contributed by atoms with Crippen LogP contribution in [0.1, 0.15) is 206 Å². The molecule has 1 aromatic heterocycles. The molecule has 1 heterocycles. The summed E-state index contributed by atoms with van der Waals surface area (Å²) in [5.41, 5.74) is 1.41. The molecule has 0 unspecified atom stereocenters. The quantitative estimate of drug-likeness (QED) is 0.0818. The lowest BCUT2D eigenvalue weighted by Gasteiger charge is -2.34. The van der Waals surface area contributed by atoms with E-state index in [2.05, 4.69) is 37.6 Å². The van der Waals surface area contributed by atoms with Crippen molar-refractivity contribution in [3.8, 4) is 0 Å². The van der Waals surface area contributed by atoms with Crippen LogP contribution < -0.4 is 0 Å². The van der Waals surface area contributed by atoms with Gasteiger partial charge in [0, 0.05) is 6.61 Å². The Hall–Kier alpha value is -0.340. The molecule has 0 aliphatic rings. The maximum atomic E-state index is 6.59. The molecule has 1 aromatic rings. The summed E-state index contributed by atoms with van der Waals surface area (Å²) in [6, 6.07) is 2.34. The molecule has 1 rings (SSSR count). The molecule has 2 heteroatoms. The van der Waals surface area contributed by atoms with E-state index in [0.29, 0.717) is 0 Å². The van der Waals surface area contributed by atoms with Gasteiger partial charge in [-0.25, -0.2) is 0 Å². The highest BCUT2D eigenvalue weighted by molar-refractivity contribution is 7.08. The fraction of sp³-hybridized carbons (Fsp3) is 0.892. The van der Waals surface area contributed by atoms with Crippen LogP contribution in [0.15, 0.2) is 16.8 Å². The molecular weight excluding hydrogens is 492 g/mol. The van der Waals surface area contributed by atoms with Crippen molar-refractivity contribution >= 4 is 11.3 Å². The van der Waals surface area contributed by atoms with Crippen LogP contribution in [0.25, 0.3) is 0 Å². The Labute approximate surface area is 250 Å². The van der Waals surface area contributed by atoms with E-state index in [-0.39, 0.29) is 5.60 Å². The van der Waals surface area contributed by atoms with Crippen LogP contribution in [-0.2, 0) is 10.3 Å². The average Bonchev–Trinajstić information content (AvgIpc) is 3.49. The van der Waals surface area contributed by atoms with Crippen molar-refractivity contribution in [2.45, 2.75) is 206 Å². The molecule has 0 amide bonds. The average molecular weight is 563 g/mol. The Balaban J connectivity index is 2.18. The molecule has 0 spiro atoms. The molecule has 0 aromatic carbocycles. The van der Waals surface area contributed by atoms with E-state index in [1.807, 2.05) is 11.3 Å². The minimum atomic E-state index is -0.0374. The lowest BCUT2D eigenvalue weighted by atomic mass is 9.84. The monoisotopic (exact) mass is 563 g/mol. The third-order valence-electron chi connectivity index (χ3n) is 8.84. The summed E-state index contributed by atoms with van der Waals surface area (Å²) in [4.78, 5) is 0. The first-order valence-corrected chi connectivity index (χ1v) is 18.9. The van der Waals surface area contributed by atoms with Gasteiger partial charge in [-0.2, -0.15) is 11.3 Å². The van der Waals surface area contributed by atoms with Crippen LogP contribution in [0.5, 0.6) is 0 Å². The van der Waals surface area contributed by atoms with Crippen LogP contribution in [-0.4, -0.2) is 6.61 Å². The van der Waals surface area contributed by atoms with E-state index in [1.54, 1.807) is 0 Å². The number of hydrogen-bond acceptors (Lipinski definition) is 2. The minimum Gasteiger partial charge on any atom is -0.371 e. The summed E-state index contributed by atoms with van der Waals surface area (Å²) in [7, 11) is 0. The Bertz CT molecular complexity index is 550. The van der Waals surface area contributed by atoms with E-state index in [1.165, 1.54) is 185 Å². The van der Waals surface area contributed by atoms with E-state index in [0.717, 1.165) is 6.61 Å². The summed E-state index contributed by atoms with van der Waals surface area (Å²) in [5, 5.41) is 4.61. The fourth-order valence-corrected chi connectivity index (χ4v) is 7.04. The predicted octanol–water partition coefficient (Wildman–Crippen LogP) is 13.9. The smallest absolute Gasteiger partial charge is 0.0939 e. The number of ether oxygens (including phenoxy) is 1. The summed E-state index contributed by atoms with van der Waals surface area (Å²) >= 11 is 1.84. The van der Waals surface area contributed by atoms with Crippen LogP contribution in [0.3, 0.4) is 0 Å². The van der Waals surface area contributed by atoms with Crippen molar-refractivity contribution in [3.63, 3.8) is 0 Å². The molecule has 0 aliphatic heterocycles. The second-order valence-electron chi connectivity index (χ2n) is 12.4. The van der Waals surface area contributed by atoms with Crippen LogP contribution >= 0.6 is 11.3 Å². The van der Waals surface area contributed by atoms with Gasteiger partial charge in [0.2, 0.25) is 0 Å². The minimum absolute atomic E-state index is 0.0374. The SMILES string of the molecule is CCCCCCCCCCCCCCCC(CCCCCCCCCCCCCCC)(OCC)c1ccsc1. The molecule has 0 radical (unpaired) electrons. The molecule has 0 atom stereocenters. The van der Waals surface area contributed by atoms with Gasteiger partial charge in [0.25, 0.3) is 0 Å². The summed E-state index contributed by atoms with van der Waals surface area (Å²) in [5.74, 6) is 0. The van der Waals surface area contributed by atoms with Gasteiger partial charge in [0.05, 0.1) is 5.60 Å². The lowest BCUT2D eigenvalue weighted by Crippen LogP contribution is -2.29. The van der Waals surface area contributed by atoms with E-state index >= 15 is 0 Å². The number of rotatable bonds is 31. The highest BCUT2D eigenvalue weighted by Crippen LogP contribution is 2.38. The van der Waals surface area contributed by atoms with Crippen LogP contribution in [0, 0.1) is 0 Å². The zero-order chi connectivity index (χ0) is 28.1. The van der Waals surface area contributed by atoms with Crippen molar-refractivity contribution in [2.75, 3.05) is 6.61 Å². The molecular formula is C37H70OS. The molecule has 1 nitrogen and oxygen atoms in total. The van der Waals surface area contributed by atoms with Gasteiger partial charge < -0.3 is 4.74 Å². The Kier molecular flexibility index (Phi) is 26.2. The third kappa shape index (κ3) is 20.2. The van der Waals surface area contributed by atoms with Gasteiger partial charge in [0.15, 0.2) is 0 Å². The van der Waals surface area contributed by atoms with Crippen molar-refractivity contribution < 1.29 is 4.74 Å². The molecule has 0 bridgehead atoms. The van der Waals surface area contributed by atoms with Crippen LogP contribution in [0.2, 0.25) is 0 Å². The van der Waals surface area contributed by atoms with E-state index < -0.39 is 0 Å². The number of hydrogen-bond donors (Lipinski definition) is 0. The predicted molar refractivity (Wildman–Crippen MR) is 178 cm³/mol. The molecule has 0 saturated carbocycles. The Morgan fingerprint density at radius 1 is 0.487 bits per heavy atom. The van der Waals surface area contributed by atoms with E-state index in [4.69, 9.17) is 4.74 Å². The molecule has 39 heavy (non-hydrogen) atoms. The zero-order valence-corrected chi connectivity index (χ0v) is 27.9. The van der Waals surface area contributed by atoms with Gasteiger partial charge in [-0.1, -0.05) is 181 Å². The molecule has 0 saturated heterocycles. The number of thiophene rings is 1. The maximum absolute atomic E-state index is 6.59. The molecule has 0 aliphatic carbocycles. The highest BCUT2D eigenvalue weighted by atomic mass is 32.1. The van der Waals surface area contributed by atoms with E-state index in [9.17, 15) is 0 Å². The Morgan fingerprint density at radius 3 is 1.10 bits per heavy atom. The molecule has 0 N–H and O–H groups in total. The second-order valence-corrected chi connectivity index (χ2v) is 13.2.